The zero-order valence-electron chi connectivity index (χ0n) is 17.4. The number of benzene rings is 1. The summed E-state index contributed by atoms with van der Waals surface area (Å²) in [6.07, 6.45) is 7.80. The summed E-state index contributed by atoms with van der Waals surface area (Å²) in [5, 5.41) is 5.10. The Labute approximate surface area is 186 Å². The Hall–Kier alpha value is -2.24. The first kappa shape index (κ1) is 19.7. The molecule has 0 spiro atoms. The van der Waals surface area contributed by atoms with Gasteiger partial charge in [-0.05, 0) is 74.4 Å². The number of hydrogen-bond acceptors (Lipinski definition) is 2. The fourth-order valence-corrected chi connectivity index (χ4v) is 6.42. The van der Waals surface area contributed by atoms with Crippen molar-refractivity contribution in [1.82, 2.24) is 9.47 Å². The molecule has 156 valence electrons. The van der Waals surface area contributed by atoms with Crippen molar-refractivity contribution in [3.05, 3.63) is 68.8 Å². The normalized spacial score (nSPS) is 17.7. The number of rotatable bonds is 2. The molecule has 1 aromatic carbocycles. The van der Waals surface area contributed by atoms with Gasteiger partial charge in [0.25, 0.3) is 0 Å². The van der Waals surface area contributed by atoms with Gasteiger partial charge >= 0.3 is 6.03 Å². The van der Waals surface area contributed by atoms with Crippen LogP contribution in [0.4, 0.5) is 10.5 Å². The van der Waals surface area contributed by atoms with Gasteiger partial charge in [0.15, 0.2) is 0 Å². The third-order valence-electron chi connectivity index (χ3n) is 6.46. The lowest BCUT2D eigenvalue weighted by Gasteiger charge is -2.30. The highest BCUT2D eigenvalue weighted by Gasteiger charge is 2.34. The molecule has 1 atom stereocenters. The maximum absolute atomic E-state index is 13.6. The van der Waals surface area contributed by atoms with Crippen LogP contribution in [0.2, 0.25) is 5.02 Å². The molecule has 0 saturated heterocycles. The number of amides is 2. The second kappa shape index (κ2) is 7.78. The molecule has 3 heterocycles. The van der Waals surface area contributed by atoms with E-state index >= 15 is 0 Å². The van der Waals surface area contributed by atoms with Crippen molar-refractivity contribution >= 4 is 34.7 Å². The summed E-state index contributed by atoms with van der Waals surface area (Å²) in [7, 11) is 0. The molecule has 1 aliphatic heterocycles. The molecule has 1 unspecified atom stereocenters. The van der Waals surface area contributed by atoms with Crippen molar-refractivity contribution in [2.45, 2.75) is 58.5 Å². The number of thiophene rings is 1. The number of carbonyl (C=O) groups is 1. The third-order valence-corrected chi connectivity index (χ3v) is 8.20. The van der Waals surface area contributed by atoms with Gasteiger partial charge in [-0.1, -0.05) is 24.6 Å². The van der Waals surface area contributed by atoms with E-state index < -0.39 is 0 Å². The van der Waals surface area contributed by atoms with E-state index in [-0.39, 0.29) is 12.1 Å². The van der Waals surface area contributed by atoms with Crippen molar-refractivity contribution in [2.75, 3.05) is 5.32 Å². The number of aromatic nitrogens is 1. The van der Waals surface area contributed by atoms with Gasteiger partial charge in [-0.15, -0.1) is 11.3 Å². The molecule has 0 radical (unpaired) electrons. The van der Waals surface area contributed by atoms with E-state index in [2.05, 4.69) is 35.1 Å². The van der Waals surface area contributed by atoms with Gasteiger partial charge in [0.1, 0.15) is 5.00 Å². The largest absolute Gasteiger partial charge is 0.322 e. The van der Waals surface area contributed by atoms with Crippen LogP contribution in [0.15, 0.2) is 36.5 Å². The van der Waals surface area contributed by atoms with E-state index in [4.69, 9.17) is 11.6 Å². The topological polar surface area (TPSA) is 37.3 Å². The van der Waals surface area contributed by atoms with Crippen LogP contribution in [0.5, 0.6) is 0 Å². The number of carbonyl (C=O) groups excluding carboxylic acids is 1. The zero-order valence-corrected chi connectivity index (χ0v) is 18.9. The molecule has 0 bridgehead atoms. The minimum absolute atomic E-state index is 0.0262. The SMILES string of the molecule is CCC1c2cccn2-c2sc3c(c2CN1C(=O)Nc1cccc(Cl)c1C)CCCC3. The van der Waals surface area contributed by atoms with Crippen LogP contribution in [0.1, 0.15) is 59.5 Å². The maximum atomic E-state index is 13.6. The Morgan fingerprint density at radius 2 is 2.03 bits per heavy atom. The summed E-state index contributed by atoms with van der Waals surface area (Å²) in [5.74, 6) is 0. The van der Waals surface area contributed by atoms with E-state index in [0.717, 1.165) is 30.5 Å². The predicted octanol–water partition coefficient (Wildman–Crippen LogP) is 6.88. The first-order valence-corrected chi connectivity index (χ1v) is 11.9. The smallest absolute Gasteiger partial charge is 0.312 e. The lowest BCUT2D eigenvalue weighted by molar-refractivity contribution is 0.181. The van der Waals surface area contributed by atoms with Crippen molar-refractivity contribution in [3.8, 4) is 5.00 Å². The van der Waals surface area contributed by atoms with Gasteiger partial charge in [-0.3, -0.25) is 0 Å². The Kier molecular flexibility index (Phi) is 5.11. The van der Waals surface area contributed by atoms with Crippen LogP contribution in [0, 0.1) is 6.92 Å². The number of nitrogens with zero attached hydrogens (tertiary/aromatic N) is 2. The quantitative estimate of drug-likeness (QED) is 0.464. The van der Waals surface area contributed by atoms with E-state index in [0.29, 0.717) is 11.6 Å². The van der Waals surface area contributed by atoms with Gasteiger partial charge < -0.3 is 14.8 Å². The summed E-state index contributed by atoms with van der Waals surface area (Å²) in [6.45, 7) is 4.74. The first-order chi connectivity index (χ1) is 14.6. The molecule has 3 aromatic rings. The Balaban J connectivity index is 1.57. The average Bonchev–Trinajstić information content (AvgIpc) is 3.33. The molecular formula is C24H26ClN3OS. The summed E-state index contributed by atoms with van der Waals surface area (Å²) < 4.78 is 2.32. The lowest BCUT2D eigenvalue weighted by atomic mass is 9.95. The van der Waals surface area contributed by atoms with E-state index in [9.17, 15) is 4.79 Å². The van der Waals surface area contributed by atoms with E-state index in [1.54, 1.807) is 0 Å². The molecule has 1 aliphatic carbocycles. The summed E-state index contributed by atoms with van der Waals surface area (Å²) in [6, 6.07) is 9.86. The second-order valence-electron chi connectivity index (χ2n) is 8.19. The minimum Gasteiger partial charge on any atom is -0.312 e. The summed E-state index contributed by atoms with van der Waals surface area (Å²) >= 11 is 8.20. The molecule has 0 saturated carbocycles. The van der Waals surface area contributed by atoms with E-state index in [1.807, 2.05) is 41.4 Å². The van der Waals surface area contributed by atoms with Gasteiger partial charge in [0.05, 0.1) is 12.6 Å². The monoisotopic (exact) mass is 439 g/mol. The Morgan fingerprint density at radius 3 is 2.87 bits per heavy atom. The predicted molar refractivity (Wildman–Crippen MR) is 124 cm³/mol. The Morgan fingerprint density at radius 1 is 1.20 bits per heavy atom. The number of halogens is 1. The molecule has 0 fully saturated rings. The molecule has 2 aromatic heterocycles. The molecule has 2 amide bonds. The summed E-state index contributed by atoms with van der Waals surface area (Å²) in [4.78, 5) is 17.1. The van der Waals surface area contributed by atoms with E-state index in [1.165, 1.54) is 39.5 Å². The number of nitrogens with one attached hydrogen (secondary N) is 1. The fourth-order valence-electron chi connectivity index (χ4n) is 4.84. The van der Waals surface area contributed by atoms with Crippen LogP contribution in [-0.2, 0) is 19.4 Å². The number of hydrogen-bond donors (Lipinski definition) is 1. The van der Waals surface area contributed by atoms with Gasteiger partial charge in [-0.2, -0.15) is 0 Å². The maximum Gasteiger partial charge on any atom is 0.322 e. The van der Waals surface area contributed by atoms with Gasteiger partial charge in [0.2, 0.25) is 0 Å². The van der Waals surface area contributed by atoms with Crippen molar-refractivity contribution in [2.24, 2.45) is 0 Å². The molecule has 2 aliphatic rings. The van der Waals surface area contributed by atoms with Crippen molar-refractivity contribution in [3.63, 3.8) is 0 Å². The van der Waals surface area contributed by atoms with Crippen LogP contribution in [-0.4, -0.2) is 15.5 Å². The van der Waals surface area contributed by atoms with Gasteiger partial charge in [0, 0.05) is 33.0 Å². The number of fused-ring (bicyclic) bond motifs is 5. The van der Waals surface area contributed by atoms with Crippen molar-refractivity contribution < 1.29 is 4.79 Å². The van der Waals surface area contributed by atoms with Gasteiger partial charge in [-0.25, -0.2) is 4.79 Å². The molecule has 1 N–H and O–H groups in total. The number of urea groups is 1. The second-order valence-corrected chi connectivity index (χ2v) is 9.68. The Bertz CT molecular complexity index is 1120. The number of aryl methyl sites for hydroxylation is 1. The third kappa shape index (κ3) is 3.15. The lowest BCUT2D eigenvalue weighted by Crippen LogP contribution is -2.37. The van der Waals surface area contributed by atoms with Crippen LogP contribution in [0.25, 0.3) is 5.00 Å². The molecule has 5 rings (SSSR count). The average molecular weight is 440 g/mol. The van der Waals surface area contributed by atoms with Crippen LogP contribution in [0.3, 0.4) is 0 Å². The highest BCUT2D eigenvalue weighted by atomic mass is 35.5. The minimum atomic E-state index is -0.0661. The van der Waals surface area contributed by atoms with Crippen molar-refractivity contribution in [1.29, 1.82) is 0 Å². The van der Waals surface area contributed by atoms with Crippen LogP contribution >= 0.6 is 22.9 Å². The highest BCUT2D eigenvalue weighted by molar-refractivity contribution is 7.15. The summed E-state index contributed by atoms with van der Waals surface area (Å²) in [5.41, 5.74) is 5.67. The molecule has 4 nitrogen and oxygen atoms in total. The molecule has 30 heavy (non-hydrogen) atoms. The zero-order chi connectivity index (χ0) is 20.8. The molecular weight excluding hydrogens is 414 g/mol. The first-order valence-electron chi connectivity index (χ1n) is 10.7. The fraction of sp³-hybridized carbons (Fsp3) is 0.375. The highest BCUT2D eigenvalue weighted by Crippen LogP contribution is 2.43. The molecule has 6 heteroatoms. The van der Waals surface area contributed by atoms with Crippen LogP contribution < -0.4 is 5.32 Å². The number of anilines is 1. The standard InChI is InChI=1S/C24H26ClN3OS/c1-3-20-21-11-7-13-27(21)23-17(16-8-4-5-12-22(16)30-23)14-28(20)24(29)26-19-10-6-9-18(25)15(19)2/h6-7,9-11,13,20H,3-5,8,12,14H2,1-2H3,(H,26,29).